The number of aromatic amines is 1. The van der Waals surface area contributed by atoms with Crippen LogP contribution < -0.4 is 5.32 Å². The van der Waals surface area contributed by atoms with E-state index >= 15 is 0 Å². The van der Waals surface area contributed by atoms with E-state index in [2.05, 4.69) is 10.3 Å². The number of Topliss-reactive ketones (excluding diaryl/α,β-unsaturated/α-hetero) is 1. The number of amides is 1. The van der Waals surface area contributed by atoms with E-state index in [1.165, 1.54) is 0 Å². The van der Waals surface area contributed by atoms with Gasteiger partial charge in [-0.2, -0.15) is 0 Å². The van der Waals surface area contributed by atoms with Crippen LogP contribution in [0.25, 0.3) is 10.9 Å². The quantitative estimate of drug-likeness (QED) is 0.640. The van der Waals surface area contributed by atoms with Crippen molar-refractivity contribution in [3.63, 3.8) is 0 Å². The van der Waals surface area contributed by atoms with Crippen LogP contribution in [-0.4, -0.2) is 22.7 Å². The number of hydrogen-bond donors (Lipinski definition) is 2. The first-order chi connectivity index (χ1) is 8.63. The van der Waals surface area contributed by atoms with Crippen molar-refractivity contribution in [3.05, 3.63) is 36.0 Å². The van der Waals surface area contributed by atoms with Gasteiger partial charge in [0.2, 0.25) is 0 Å². The molecule has 1 aromatic carbocycles. The molecule has 1 atom stereocenters. The van der Waals surface area contributed by atoms with E-state index in [-0.39, 0.29) is 6.04 Å². The molecule has 0 aliphatic rings. The van der Waals surface area contributed by atoms with E-state index in [4.69, 9.17) is 0 Å². The molecule has 18 heavy (non-hydrogen) atoms. The summed E-state index contributed by atoms with van der Waals surface area (Å²) in [5.41, 5.74) is 1.28. The third-order valence-corrected chi connectivity index (χ3v) is 3.03. The first kappa shape index (κ1) is 12.4. The second-order valence-electron chi connectivity index (χ2n) is 4.36. The van der Waals surface area contributed by atoms with Gasteiger partial charge in [0.05, 0.1) is 5.56 Å². The highest BCUT2D eigenvalue weighted by Gasteiger charge is 2.20. The summed E-state index contributed by atoms with van der Waals surface area (Å²) in [4.78, 5) is 26.8. The summed E-state index contributed by atoms with van der Waals surface area (Å²) < 4.78 is 0. The van der Waals surface area contributed by atoms with Gasteiger partial charge in [-0.05, 0) is 19.4 Å². The highest BCUT2D eigenvalue weighted by molar-refractivity contribution is 6.45. The second-order valence-corrected chi connectivity index (χ2v) is 4.36. The molecule has 0 saturated carbocycles. The van der Waals surface area contributed by atoms with Crippen LogP contribution in [0.1, 0.15) is 30.6 Å². The Morgan fingerprint density at radius 2 is 2.06 bits per heavy atom. The lowest BCUT2D eigenvalue weighted by Crippen LogP contribution is -2.37. The molecule has 4 heteroatoms. The van der Waals surface area contributed by atoms with Gasteiger partial charge in [-0.3, -0.25) is 9.59 Å². The highest BCUT2D eigenvalue weighted by atomic mass is 16.2. The predicted octanol–water partition coefficient (Wildman–Crippen LogP) is 2.27. The number of benzene rings is 1. The molecule has 1 amide bonds. The molecular formula is C14H16N2O2. The zero-order chi connectivity index (χ0) is 13.1. The van der Waals surface area contributed by atoms with Gasteiger partial charge in [0.1, 0.15) is 0 Å². The highest BCUT2D eigenvalue weighted by Crippen LogP contribution is 2.18. The van der Waals surface area contributed by atoms with Crippen molar-refractivity contribution in [2.75, 3.05) is 0 Å². The molecule has 1 heterocycles. The number of carbonyl (C=O) groups is 2. The fourth-order valence-corrected chi connectivity index (χ4v) is 1.77. The maximum atomic E-state index is 12.0. The molecule has 1 aromatic heterocycles. The van der Waals surface area contributed by atoms with Crippen LogP contribution in [0.3, 0.4) is 0 Å². The van der Waals surface area contributed by atoms with Gasteiger partial charge in [0, 0.05) is 23.1 Å². The topological polar surface area (TPSA) is 62.0 Å². The average Bonchev–Trinajstić information content (AvgIpc) is 2.81. The standard InChI is InChI=1S/C14H16N2O2/c1-3-9(2)16-14(18)13(17)11-8-15-12-7-5-4-6-10(11)12/h4-9,15H,3H2,1-2H3,(H,16,18)/t9-/m0/s1. The normalized spacial score (nSPS) is 12.3. The maximum Gasteiger partial charge on any atom is 0.292 e. The van der Waals surface area contributed by atoms with Crippen LogP contribution >= 0.6 is 0 Å². The number of ketones is 1. The van der Waals surface area contributed by atoms with Gasteiger partial charge < -0.3 is 10.3 Å². The number of hydrogen-bond acceptors (Lipinski definition) is 2. The molecule has 94 valence electrons. The molecule has 0 bridgehead atoms. The number of fused-ring (bicyclic) bond motifs is 1. The number of rotatable bonds is 4. The van der Waals surface area contributed by atoms with Crippen molar-refractivity contribution in [2.24, 2.45) is 0 Å². The van der Waals surface area contributed by atoms with Gasteiger partial charge in [-0.1, -0.05) is 25.1 Å². The van der Waals surface area contributed by atoms with Crippen LogP contribution in [0.15, 0.2) is 30.5 Å². The first-order valence-corrected chi connectivity index (χ1v) is 6.04. The predicted molar refractivity (Wildman–Crippen MR) is 70.5 cm³/mol. The minimum atomic E-state index is -0.547. The summed E-state index contributed by atoms with van der Waals surface area (Å²) >= 11 is 0. The fourth-order valence-electron chi connectivity index (χ4n) is 1.77. The van der Waals surface area contributed by atoms with Crippen molar-refractivity contribution >= 4 is 22.6 Å². The molecule has 0 radical (unpaired) electrons. The molecule has 0 spiro atoms. The SMILES string of the molecule is CC[C@H](C)NC(=O)C(=O)c1c[nH]c2ccccc12. The van der Waals surface area contributed by atoms with Crippen LogP contribution in [0.5, 0.6) is 0 Å². The van der Waals surface area contributed by atoms with Crippen molar-refractivity contribution in [3.8, 4) is 0 Å². The molecule has 0 aliphatic heterocycles. The molecule has 2 N–H and O–H groups in total. The Morgan fingerprint density at radius 1 is 1.33 bits per heavy atom. The molecule has 2 rings (SSSR count). The second kappa shape index (κ2) is 5.04. The van der Waals surface area contributed by atoms with E-state index in [1.807, 2.05) is 38.1 Å². The Balaban J connectivity index is 2.26. The van der Waals surface area contributed by atoms with E-state index in [9.17, 15) is 9.59 Å². The molecule has 0 aliphatic carbocycles. The van der Waals surface area contributed by atoms with Crippen LogP contribution in [0.4, 0.5) is 0 Å². The zero-order valence-electron chi connectivity index (χ0n) is 10.5. The van der Waals surface area contributed by atoms with Crippen LogP contribution in [0, 0.1) is 0 Å². The van der Waals surface area contributed by atoms with Crippen molar-refractivity contribution in [1.29, 1.82) is 0 Å². The lowest BCUT2D eigenvalue weighted by Gasteiger charge is -2.09. The third kappa shape index (κ3) is 2.27. The molecule has 2 aromatic rings. The van der Waals surface area contributed by atoms with Crippen LogP contribution in [0.2, 0.25) is 0 Å². The van der Waals surface area contributed by atoms with Gasteiger partial charge in [-0.15, -0.1) is 0 Å². The Kier molecular flexibility index (Phi) is 3.46. The fraction of sp³-hybridized carbons (Fsp3) is 0.286. The number of H-pyrrole nitrogens is 1. The summed E-state index contributed by atoms with van der Waals surface area (Å²) in [5.74, 6) is -1.04. The van der Waals surface area contributed by atoms with Gasteiger partial charge in [-0.25, -0.2) is 0 Å². The zero-order valence-corrected chi connectivity index (χ0v) is 10.5. The molecule has 0 saturated heterocycles. The van der Waals surface area contributed by atoms with Crippen molar-refractivity contribution in [2.45, 2.75) is 26.3 Å². The lowest BCUT2D eigenvalue weighted by molar-refractivity contribution is -0.117. The molecule has 4 nitrogen and oxygen atoms in total. The van der Waals surface area contributed by atoms with E-state index in [1.54, 1.807) is 6.20 Å². The minimum Gasteiger partial charge on any atom is -0.360 e. The number of aromatic nitrogens is 1. The summed E-state index contributed by atoms with van der Waals surface area (Å²) in [6.07, 6.45) is 2.39. The Bertz CT molecular complexity index is 586. The Hall–Kier alpha value is -2.10. The number of carbonyl (C=O) groups excluding carboxylic acids is 2. The first-order valence-electron chi connectivity index (χ1n) is 6.04. The molecule has 0 fully saturated rings. The number of para-hydroxylation sites is 1. The molecule has 0 unspecified atom stereocenters. The smallest absolute Gasteiger partial charge is 0.292 e. The number of nitrogens with one attached hydrogen (secondary N) is 2. The summed E-state index contributed by atoms with van der Waals surface area (Å²) in [7, 11) is 0. The summed E-state index contributed by atoms with van der Waals surface area (Å²) in [6.45, 7) is 3.83. The van der Waals surface area contributed by atoms with Crippen molar-refractivity contribution < 1.29 is 9.59 Å². The largest absolute Gasteiger partial charge is 0.360 e. The van der Waals surface area contributed by atoms with Crippen LogP contribution in [-0.2, 0) is 4.79 Å². The maximum absolute atomic E-state index is 12.0. The van der Waals surface area contributed by atoms with Gasteiger partial charge >= 0.3 is 0 Å². The monoisotopic (exact) mass is 244 g/mol. The van der Waals surface area contributed by atoms with Crippen molar-refractivity contribution in [1.82, 2.24) is 10.3 Å². The third-order valence-electron chi connectivity index (χ3n) is 3.03. The lowest BCUT2D eigenvalue weighted by atomic mass is 10.1. The van der Waals surface area contributed by atoms with E-state index < -0.39 is 11.7 Å². The Morgan fingerprint density at radius 3 is 2.78 bits per heavy atom. The van der Waals surface area contributed by atoms with Gasteiger partial charge in [0.25, 0.3) is 11.7 Å². The summed E-state index contributed by atoms with van der Waals surface area (Å²) in [5, 5.41) is 3.46. The molecular weight excluding hydrogens is 228 g/mol. The average molecular weight is 244 g/mol. The van der Waals surface area contributed by atoms with Gasteiger partial charge in [0.15, 0.2) is 0 Å². The summed E-state index contributed by atoms with van der Waals surface area (Å²) in [6, 6.07) is 7.44. The Labute approximate surface area is 105 Å². The minimum absolute atomic E-state index is 0.00616. The van der Waals surface area contributed by atoms with E-state index in [0.717, 1.165) is 17.3 Å². The van der Waals surface area contributed by atoms with E-state index in [0.29, 0.717) is 5.56 Å².